The number of hydrogen-bond acceptors (Lipinski definition) is 10. The van der Waals surface area contributed by atoms with E-state index in [0.717, 1.165) is 21.7 Å². The monoisotopic (exact) mass is 661 g/mol. The minimum Gasteiger partial charge on any atom is -0.391 e. The molecule has 46 heavy (non-hydrogen) atoms. The summed E-state index contributed by atoms with van der Waals surface area (Å²) >= 11 is 1.57. The molecule has 254 valence electrons. The van der Waals surface area contributed by atoms with Crippen molar-refractivity contribution in [2.24, 2.45) is 5.41 Å². The zero-order valence-corrected chi connectivity index (χ0v) is 28.1. The molecular formula is C32H47N5O8S. The summed E-state index contributed by atoms with van der Waals surface area (Å²) in [5, 5.41) is 18.7. The minimum atomic E-state index is -0.946. The van der Waals surface area contributed by atoms with Gasteiger partial charge < -0.3 is 40.2 Å². The van der Waals surface area contributed by atoms with Crippen molar-refractivity contribution in [2.75, 3.05) is 52.7 Å². The summed E-state index contributed by atoms with van der Waals surface area (Å²) in [7, 11) is 0. The molecule has 1 fully saturated rings. The predicted molar refractivity (Wildman–Crippen MR) is 173 cm³/mol. The fraction of sp³-hybridized carbons (Fsp3) is 0.594. The number of aromatic nitrogens is 1. The molecule has 3 rings (SSSR count). The van der Waals surface area contributed by atoms with Crippen molar-refractivity contribution >= 4 is 35.0 Å². The summed E-state index contributed by atoms with van der Waals surface area (Å²) < 4.78 is 16.1. The molecule has 1 aliphatic rings. The van der Waals surface area contributed by atoms with Crippen molar-refractivity contribution in [3.05, 3.63) is 41.0 Å². The molecular weight excluding hydrogens is 614 g/mol. The first-order valence-electron chi connectivity index (χ1n) is 15.4. The van der Waals surface area contributed by atoms with Gasteiger partial charge in [-0.3, -0.25) is 19.2 Å². The highest BCUT2D eigenvalue weighted by molar-refractivity contribution is 7.13. The molecule has 2 heterocycles. The lowest BCUT2D eigenvalue weighted by Gasteiger charge is -2.35. The van der Waals surface area contributed by atoms with Gasteiger partial charge in [-0.1, -0.05) is 45.0 Å². The third-order valence-corrected chi connectivity index (χ3v) is 8.29. The van der Waals surface area contributed by atoms with Crippen LogP contribution in [0.15, 0.2) is 29.8 Å². The van der Waals surface area contributed by atoms with Crippen LogP contribution in [0.4, 0.5) is 0 Å². The number of carbonyl (C=O) groups is 4. The normalized spacial score (nSPS) is 17.0. The predicted octanol–water partition coefficient (Wildman–Crippen LogP) is 1.41. The van der Waals surface area contributed by atoms with Gasteiger partial charge in [0.15, 0.2) is 0 Å². The van der Waals surface area contributed by atoms with Gasteiger partial charge in [-0.25, -0.2) is 4.98 Å². The lowest BCUT2D eigenvalue weighted by atomic mass is 9.85. The minimum absolute atomic E-state index is 0.00688. The molecule has 14 heteroatoms. The Hall–Kier alpha value is -3.43. The summed E-state index contributed by atoms with van der Waals surface area (Å²) in [5.41, 5.74) is 4.05. The van der Waals surface area contributed by atoms with Gasteiger partial charge in [-0.15, -0.1) is 11.3 Å². The molecule has 1 aromatic heterocycles. The third kappa shape index (κ3) is 11.7. The highest BCUT2D eigenvalue weighted by Gasteiger charge is 2.44. The quantitative estimate of drug-likeness (QED) is 0.183. The van der Waals surface area contributed by atoms with Gasteiger partial charge in [-0.05, 0) is 23.5 Å². The number of aliphatic hydroxyl groups excluding tert-OH is 1. The topological polar surface area (TPSA) is 168 Å². The van der Waals surface area contributed by atoms with E-state index in [9.17, 15) is 24.3 Å². The van der Waals surface area contributed by atoms with E-state index in [4.69, 9.17) is 14.2 Å². The number of carbonyl (C=O) groups excluding carboxylic acids is 4. The molecule has 2 aromatic rings. The van der Waals surface area contributed by atoms with Crippen molar-refractivity contribution in [3.8, 4) is 10.4 Å². The smallest absolute Gasteiger partial charge is 0.246 e. The van der Waals surface area contributed by atoms with Crippen LogP contribution in [0.2, 0.25) is 0 Å². The van der Waals surface area contributed by atoms with Gasteiger partial charge in [-0.2, -0.15) is 0 Å². The molecule has 1 saturated heterocycles. The highest BCUT2D eigenvalue weighted by atomic mass is 32.1. The number of nitrogens with zero attached hydrogens (tertiary/aromatic N) is 2. The number of benzene rings is 1. The second-order valence-electron chi connectivity index (χ2n) is 12.2. The van der Waals surface area contributed by atoms with Gasteiger partial charge in [0.25, 0.3) is 0 Å². The number of hydrogen-bond donors (Lipinski definition) is 4. The van der Waals surface area contributed by atoms with E-state index in [1.807, 2.05) is 57.5 Å². The van der Waals surface area contributed by atoms with Crippen LogP contribution in [-0.2, 0) is 39.9 Å². The molecule has 4 N–H and O–H groups in total. The fourth-order valence-electron chi connectivity index (χ4n) is 4.89. The summed E-state index contributed by atoms with van der Waals surface area (Å²) in [6, 6.07) is 6.03. The van der Waals surface area contributed by atoms with Gasteiger partial charge in [0.05, 0.1) is 55.2 Å². The van der Waals surface area contributed by atoms with Crippen LogP contribution >= 0.6 is 11.3 Å². The van der Waals surface area contributed by atoms with Gasteiger partial charge in [0.1, 0.15) is 18.7 Å². The molecule has 4 amide bonds. The first-order chi connectivity index (χ1) is 21.9. The summed E-state index contributed by atoms with van der Waals surface area (Å²) in [6.07, 6.45) is -0.751. The van der Waals surface area contributed by atoms with Crippen molar-refractivity contribution < 1.29 is 38.5 Å². The lowest BCUT2D eigenvalue weighted by molar-refractivity contribution is -0.144. The van der Waals surface area contributed by atoms with Crippen LogP contribution in [0.3, 0.4) is 0 Å². The van der Waals surface area contributed by atoms with E-state index >= 15 is 0 Å². The second kappa shape index (κ2) is 18.0. The molecule has 13 nitrogen and oxygen atoms in total. The Bertz CT molecular complexity index is 1300. The van der Waals surface area contributed by atoms with Gasteiger partial charge >= 0.3 is 0 Å². The first kappa shape index (κ1) is 37.0. The van der Waals surface area contributed by atoms with Crippen molar-refractivity contribution in [2.45, 2.75) is 65.8 Å². The Labute approximate surface area is 274 Å². The van der Waals surface area contributed by atoms with E-state index in [1.165, 1.54) is 11.8 Å². The summed E-state index contributed by atoms with van der Waals surface area (Å²) in [5.74, 6) is -1.40. The highest BCUT2D eigenvalue weighted by Crippen LogP contribution is 2.28. The molecule has 3 atom stereocenters. The van der Waals surface area contributed by atoms with Crippen LogP contribution in [0.5, 0.6) is 0 Å². The maximum atomic E-state index is 13.7. The summed E-state index contributed by atoms with van der Waals surface area (Å²) in [4.78, 5) is 57.3. The van der Waals surface area contributed by atoms with Crippen LogP contribution in [0, 0.1) is 12.3 Å². The SMILES string of the molecule is CC(=O)NCCOCCOCCOCC(=O)NC(C(=O)N1C[C@H](O)C[C@H]1C(=O)NCc1ccc(-c2scnc2C)cc1)C(C)(C)C. The molecule has 1 aromatic carbocycles. The van der Waals surface area contributed by atoms with Crippen molar-refractivity contribution in [1.29, 1.82) is 0 Å². The number of aryl methyl sites for hydroxylation is 1. The Morgan fingerprint density at radius 3 is 2.28 bits per heavy atom. The Morgan fingerprint density at radius 2 is 1.67 bits per heavy atom. The average molecular weight is 662 g/mol. The Kier molecular flexibility index (Phi) is 14.5. The summed E-state index contributed by atoms with van der Waals surface area (Å²) in [6.45, 7) is 10.8. The number of aliphatic hydroxyl groups is 1. The zero-order chi connectivity index (χ0) is 33.7. The molecule has 0 bridgehead atoms. The Morgan fingerprint density at radius 1 is 1.02 bits per heavy atom. The number of likely N-dealkylation sites (tertiary alicyclic amines) is 1. The van der Waals surface area contributed by atoms with E-state index in [1.54, 1.807) is 11.3 Å². The number of thiazole rings is 1. The van der Waals surface area contributed by atoms with Crippen LogP contribution in [0.1, 0.15) is 45.4 Å². The van der Waals surface area contributed by atoms with E-state index in [0.29, 0.717) is 26.4 Å². The fourth-order valence-corrected chi connectivity index (χ4v) is 5.70. The third-order valence-electron chi connectivity index (χ3n) is 7.31. The number of β-amino-alcohol motifs (C(OH)–C–C–N with tert-alkyl or cyclic N) is 1. The number of rotatable bonds is 17. The number of ether oxygens (including phenoxy) is 3. The van der Waals surface area contributed by atoms with E-state index in [2.05, 4.69) is 20.9 Å². The van der Waals surface area contributed by atoms with Crippen LogP contribution < -0.4 is 16.0 Å². The zero-order valence-electron chi connectivity index (χ0n) is 27.3. The van der Waals surface area contributed by atoms with E-state index < -0.39 is 35.4 Å². The first-order valence-corrected chi connectivity index (χ1v) is 16.3. The molecule has 0 spiro atoms. The van der Waals surface area contributed by atoms with E-state index in [-0.39, 0.29) is 51.1 Å². The maximum absolute atomic E-state index is 13.7. The number of nitrogens with one attached hydrogen (secondary N) is 3. The molecule has 1 unspecified atom stereocenters. The molecule has 1 aliphatic heterocycles. The standard InChI is InChI=1S/C32H47N5O8S/c1-21-28(46-20-35-21)24-8-6-23(7-9-24)17-34-30(41)26-16-25(39)18-37(26)31(42)29(32(3,4)5)36-27(40)19-45-15-14-44-13-12-43-11-10-33-22(2)38/h6-9,20,25-26,29,39H,10-19H2,1-5H3,(H,33,38)(H,34,41)(H,36,40)/t25-,26+,29?/m1/s1. The lowest BCUT2D eigenvalue weighted by Crippen LogP contribution is -2.58. The largest absolute Gasteiger partial charge is 0.391 e. The molecule has 0 aliphatic carbocycles. The van der Waals surface area contributed by atoms with Crippen molar-refractivity contribution in [3.63, 3.8) is 0 Å². The number of amides is 4. The van der Waals surface area contributed by atoms with Gasteiger partial charge in [0.2, 0.25) is 23.6 Å². The molecule has 0 radical (unpaired) electrons. The van der Waals surface area contributed by atoms with Crippen LogP contribution in [-0.4, -0.2) is 110 Å². The van der Waals surface area contributed by atoms with Crippen molar-refractivity contribution in [1.82, 2.24) is 25.8 Å². The maximum Gasteiger partial charge on any atom is 0.246 e. The average Bonchev–Trinajstić information content (AvgIpc) is 3.61. The van der Waals surface area contributed by atoms with Crippen LogP contribution in [0.25, 0.3) is 10.4 Å². The second-order valence-corrected chi connectivity index (χ2v) is 13.1. The Balaban J connectivity index is 1.45. The molecule has 0 saturated carbocycles. The van der Waals surface area contributed by atoms with Gasteiger partial charge in [0, 0.05) is 33.0 Å².